The number of aliphatic imine (C=N–C) groups is 1. The predicted octanol–water partition coefficient (Wildman–Crippen LogP) is 2.53. The summed E-state index contributed by atoms with van der Waals surface area (Å²) in [5.41, 5.74) is 1.64. The minimum absolute atomic E-state index is 0.181. The zero-order valence-electron chi connectivity index (χ0n) is 13.6. The van der Waals surface area contributed by atoms with Gasteiger partial charge in [-0.25, -0.2) is 9.79 Å². The van der Waals surface area contributed by atoms with Crippen LogP contribution in [-0.2, 0) is 9.53 Å². The van der Waals surface area contributed by atoms with Crippen LogP contribution in [0.15, 0.2) is 47.1 Å². The lowest BCUT2D eigenvalue weighted by Crippen LogP contribution is -2.15. The molecule has 0 radical (unpaired) electrons. The van der Waals surface area contributed by atoms with E-state index in [1.165, 1.54) is 0 Å². The lowest BCUT2D eigenvalue weighted by Gasteiger charge is -2.18. The van der Waals surface area contributed by atoms with Gasteiger partial charge in [-0.15, -0.1) is 0 Å². The van der Waals surface area contributed by atoms with Gasteiger partial charge in [0, 0.05) is 5.56 Å². The number of benzene rings is 2. The molecule has 7 heteroatoms. The Morgan fingerprint density at radius 3 is 2.50 bits per heavy atom. The molecule has 0 bridgehead atoms. The Morgan fingerprint density at radius 1 is 0.846 bits per heavy atom. The van der Waals surface area contributed by atoms with Crippen molar-refractivity contribution < 1.29 is 28.5 Å². The van der Waals surface area contributed by atoms with E-state index in [0.29, 0.717) is 41.8 Å². The molecule has 0 spiro atoms. The van der Waals surface area contributed by atoms with E-state index in [1.807, 2.05) is 18.2 Å². The fourth-order valence-corrected chi connectivity index (χ4v) is 2.87. The Morgan fingerprint density at radius 2 is 1.58 bits per heavy atom. The highest BCUT2D eigenvalue weighted by atomic mass is 16.7. The van der Waals surface area contributed by atoms with Crippen LogP contribution in [-0.4, -0.2) is 31.9 Å². The van der Waals surface area contributed by atoms with Gasteiger partial charge in [0.2, 0.25) is 12.7 Å². The van der Waals surface area contributed by atoms with E-state index < -0.39 is 5.97 Å². The molecule has 0 amide bonds. The molecule has 7 nitrogen and oxygen atoms in total. The van der Waals surface area contributed by atoms with E-state index in [-0.39, 0.29) is 18.4 Å². The molecule has 0 N–H and O–H groups in total. The molecular weight excluding hydrogens is 338 g/mol. The van der Waals surface area contributed by atoms with Crippen molar-refractivity contribution in [1.82, 2.24) is 0 Å². The zero-order valence-corrected chi connectivity index (χ0v) is 13.6. The van der Waals surface area contributed by atoms with Gasteiger partial charge in [0.05, 0.1) is 0 Å². The van der Waals surface area contributed by atoms with Crippen molar-refractivity contribution in [3.63, 3.8) is 0 Å². The first-order valence-corrected chi connectivity index (χ1v) is 8.08. The van der Waals surface area contributed by atoms with Gasteiger partial charge in [-0.3, -0.25) is 0 Å². The summed E-state index contributed by atoms with van der Waals surface area (Å²) < 4.78 is 27.0. The molecule has 0 unspecified atom stereocenters. The molecule has 130 valence electrons. The van der Waals surface area contributed by atoms with Crippen LogP contribution in [0.5, 0.6) is 23.0 Å². The molecule has 3 heterocycles. The van der Waals surface area contributed by atoms with Crippen molar-refractivity contribution in [3.8, 4) is 23.0 Å². The third-order valence-electron chi connectivity index (χ3n) is 4.11. The van der Waals surface area contributed by atoms with E-state index >= 15 is 0 Å². The molecule has 3 aliphatic heterocycles. The van der Waals surface area contributed by atoms with Gasteiger partial charge < -0.3 is 23.7 Å². The molecule has 0 atom stereocenters. The Hall–Kier alpha value is -3.48. The summed E-state index contributed by atoms with van der Waals surface area (Å²) in [7, 11) is 0. The van der Waals surface area contributed by atoms with Crippen LogP contribution >= 0.6 is 0 Å². The van der Waals surface area contributed by atoms with Crippen LogP contribution in [0.4, 0.5) is 0 Å². The SMILES string of the molecule is O=C1OC(c2ccc3c(c2)OCO3)=N/C1=C/c1ccc2c(c1)OCCO2. The van der Waals surface area contributed by atoms with Gasteiger partial charge in [0.25, 0.3) is 0 Å². The van der Waals surface area contributed by atoms with Crippen molar-refractivity contribution in [2.24, 2.45) is 4.99 Å². The minimum Gasteiger partial charge on any atom is -0.486 e. The summed E-state index contributed by atoms with van der Waals surface area (Å²) >= 11 is 0. The molecule has 0 saturated carbocycles. The number of hydrogen-bond donors (Lipinski definition) is 0. The number of carbonyl (C=O) groups is 1. The number of fused-ring (bicyclic) bond motifs is 2. The molecule has 2 aromatic carbocycles. The summed E-state index contributed by atoms with van der Waals surface area (Å²) in [4.78, 5) is 16.5. The zero-order chi connectivity index (χ0) is 17.5. The molecule has 0 aliphatic carbocycles. The minimum atomic E-state index is -0.507. The number of rotatable bonds is 2. The van der Waals surface area contributed by atoms with Crippen molar-refractivity contribution >= 4 is 17.9 Å². The number of ether oxygens (including phenoxy) is 5. The lowest BCUT2D eigenvalue weighted by molar-refractivity contribution is -0.129. The predicted molar refractivity (Wildman–Crippen MR) is 90.6 cm³/mol. The van der Waals surface area contributed by atoms with E-state index in [2.05, 4.69) is 4.99 Å². The standard InChI is InChI=1S/C19H13NO6/c21-19-13(7-11-1-3-14-16(8-11)23-6-5-22-14)20-18(26-19)12-2-4-15-17(9-12)25-10-24-15/h1-4,7-9H,5-6,10H2/b13-7+. The average molecular weight is 351 g/mol. The molecule has 0 saturated heterocycles. The molecule has 5 rings (SSSR count). The monoisotopic (exact) mass is 351 g/mol. The Kier molecular flexibility index (Phi) is 3.31. The van der Waals surface area contributed by atoms with Gasteiger partial charge in [0.15, 0.2) is 28.7 Å². The van der Waals surface area contributed by atoms with E-state index in [1.54, 1.807) is 24.3 Å². The van der Waals surface area contributed by atoms with Crippen LogP contribution in [0.1, 0.15) is 11.1 Å². The van der Waals surface area contributed by atoms with Crippen molar-refractivity contribution in [2.45, 2.75) is 0 Å². The first-order chi connectivity index (χ1) is 12.8. The summed E-state index contributed by atoms with van der Waals surface area (Å²) in [5.74, 6) is 2.33. The van der Waals surface area contributed by atoms with Crippen molar-refractivity contribution in [1.29, 1.82) is 0 Å². The first kappa shape index (κ1) is 14.8. The molecular formula is C19H13NO6. The topological polar surface area (TPSA) is 75.6 Å². The largest absolute Gasteiger partial charge is 0.486 e. The summed E-state index contributed by atoms with van der Waals surface area (Å²) in [6.45, 7) is 1.21. The molecule has 3 aliphatic rings. The van der Waals surface area contributed by atoms with Crippen molar-refractivity contribution in [3.05, 3.63) is 53.2 Å². The fraction of sp³-hybridized carbons (Fsp3) is 0.158. The number of carbonyl (C=O) groups excluding carboxylic acids is 1. The molecule has 2 aromatic rings. The maximum Gasteiger partial charge on any atom is 0.363 e. The van der Waals surface area contributed by atoms with Crippen LogP contribution in [0.25, 0.3) is 6.08 Å². The first-order valence-electron chi connectivity index (χ1n) is 8.08. The Balaban J connectivity index is 1.46. The van der Waals surface area contributed by atoms with Crippen LogP contribution in [0.2, 0.25) is 0 Å². The van der Waals surface area contributed by atoms with Gasteiger partial charge in [0.1, 0.15) is 13.2 Å². The highest BCUT2D eigenvalue weighted by Crippen LogP contribution is 2.34. The van der Waals surface area contributed by atoms with E-state index in [9.17, 15) is 4.79 Å². The quantitative estimate of drug-likeness (QED) is 0.611. The third kappa shape index (κ3) is 2.54. The van der Waals surface area contributed by atoms with Crippen LogP contribution < -0.4 is 18.9 Å². The summed E-state index contributed by atoms with van der Waals surface area (Å²) in [6.07, 6.45) is 1.65. The number of cyclic esters (lactones) is 1. The van der Waals surface area contributed by atoms with Gasteiger partial charge >= 0.3 is 5.97 Å². The van der Waals surface area contributed by atoms with Gasteiger partial charge in [-0.2, -0.15) is 0 Å². The number of hydrogen-bond acceptors (Lipinski definition) is 7. The second kappa shape index (κ2) is 5.80. The lowest BCUT2D eigenvalue weighted by atomic mass is 10.1. The second-order valence-corrected chi connectivity index (χ2v) is 5.81. The molecule has 0 aromatic heterocycles. The second-order valence-electron chi connectivity index (χ2n) is 5.81. The summed E-state index contributed by atoms with van der Waals surface area (Å²) in [6, 6.07) is 10.7. The van der Waals surface area contributed by atoms with Gasteiger partial charge in [-0.1, -0.05) is 6.07 Å². The maximum atomic E-state index is 12.2. The van der Waals surface area contributed by atoms with Crippen LogP contribution in [0.3, 0.4) is 0 Å². The fourth-order valence-electron chi connectivity index (χ4n) is 2.87. The maximum absolute atomic E-state index is 12.2. The third-order valence-corrected chi connectivity index (χ3v) is 4.11. The molecule has 0 fully saturated rings. The summed E-state index contributed by atoms with van der Waals surface area (Å²) in [5, 5.41) is 0. The highest BCUT2D eigenvalue weighted by Gasteiger charge is 2.26. The smallest absolute Gasteiger partial charge is 0.363 e. The van der Waals surface area contributed by atoms with E-state index in [0.717, 1.165) is 5.56 Å². The number of nitrogens with zero attached hydrogens (tertiary/aromatic N) is 1. The highest BCUT2D eigenvalue weighted by molar-refractivity contribution is 6.13. The Labute approximate surface area is 148 Å². The average Bonchev–Trinajstić information content (AvgIpc) is 3.28. The number of esters is 1. The van der Waals surface area contributed by atoms with Crippen molar-refractivity contribution in [2.75, 3.05) is 20.0 Å². The van der Waals surface area contributed by atoms with E-state index in [4.69, 9.17) is 23.7 Å². The van der Waals surface area contributed by atoms with Crippen LogP contribution in [0, 0.1) is 0 Å². The van der Waals surface area contributed by atoms with Gasteiger partial charge in [-0.05, 0) is 42.0 Å². The normalized spacial score (nSPS) is 18.7. The Bertz CT molecular complexity index is 978. The molecule has 26 heavy (non-hydrogen) atoms.